The summed E-state index contributed by atoms with van der Waals surface area (Å²) < 4.78 is 0. The summed E-state index contributed by atoms with van der Waals surface area (Å²) in [5, 5.41) is 4.31. The molecule has 0 atom stereocenters. The van der Waals surface area contributed by atoms with E-state index in [9.17, 15) is 0 Å². The molecule has 0 N–H and O–H groups in total. The van der Waals surface area contributed by atoms with E-state index in [1.54, 1.807) is 0 Å². The van der Waals surface area contributed by atoms with Crippen molar-refractivity contribution in [1.29, 1.82) is 0 Å². The second-order valence-electron chi connectivity index (χ2n) is 8.73. The standard InChI is InChI=1S/C33H30P/c1-5-15-28(16-6-1)25-26-29-17-13-14-18-30(29)27-34(31-19-7-2-8-20-31,32-21-9-3-10-22-32)33-23-11-4-12-24-33/h1-24H,25-27H2/q+1. The number of benzene rings is 5. The van der Waals surface area contributed by atoms with Gasteiger partial charge in [-0.25, -0.2) is 0 Å². The Morgan fingerprint density at radius 1 is 0.353 bits per heavy atom. The largest absolute Gasteiger partial charge is 0.116 e. The summed E-state index contributed by atoms with van der Waals surface area (Å²) in [5.74, 6) is 0. The molecule has 0 spiro atoms. The van der Waals surface area contributed by atoms with Crippen molar-refractivity contribution in [3.63, 3.8) is 0 Å². The Labute approximate surface area is 204 Å². The van der Waals surface area contributed by atoms with Crippen molar-refractivity contribution in [1.82, 2.24) is 0 Å². The molecular weight excluding hydrogens is 427 g/mol. The Morgan fingerprint density at radius 2 is 0.735 bits per heavy atom. The van der Waals surface area contributed by atoms with E-state index >= 15 is 0 Å². The summed E-state index contributed by atoms with van der Waals surface area (Å²) >= 11 is 0. The van der Waals surface area contributed by atoms with Crippen LogP contribution in [0.5, 0.6) is 0 Å². The van der Waals surface area contributed by atoms with Crippen LogP contribution in [0.2, 0.25) is 0 Å². The van der Waals surface area contributed by atoms with Crippen LogP contribution in [0.4, 0.5) is 0 Å². The first-order chi connectivity index (χ1) is 16.9. The molecule has 0 aromatic heterocycles. The second-order valence-corrected chi connectivity index (χ2v) is 12.2. The Hall–Kier alpha value is -3.47. The number of hydrogen-bond donors (Lipinski definition) is 0. The van der Waals surface area contributed by atoms with Gasteiger partial charge in [0.05, 0.1) is 6.16 Å². The third-order valence-corrected chi connectivity index (χ3v) is 11.0. The molecule has 0 nitrogen and oxygen atoms in total. The summed E-state index contributed by atoms with van der Waals surface area (Å²) in [4.78, 5) is 0. The van der Waals surface area contributed by atoms with Crippen LogP contribution in [-0.2, 0) is 19.0 Å². The summed E-state index contributed by atoms with van der Waals surface area (Å²) in [7, 11) is -1.90. The van der Waals surface area contributed by atoms with Crippen molar-refractivity contribution in [2.45, 2.75) is 19.0 Å². The van der Waals surface area contributed by atoms with Crippen molar-refractivity contribution < 1.29 is 0 Å². The zero-order chi connectivity index (χ0) is 23.1. The molecule has 0 bridgehead atoms. The lowest BCUT2D eigenvalue weighted by Gasteiger charge is -2.28. The van der Waals surface area contributed by atoms with Crippen molar-refractivity contribution in [2.75, 3.05) is 0 Å². The Kier molecular flexibility index (Phi) is 6.99. The van der Waals surface area contributed by atoms with Gasteiger partial charge >= 0.3 is 0 Å². The predicted molar refractivity (Wildman–Crippen MR) is 149 cm³/mol. The molecule has 5 aromatic carbocycles. The van der Waals surface area contributed by atoms with E-state index in [4.69, 9.17) is 0 Å². The van der Waals surface area contributed by atoms with Gasteiger partial charge in [0.1, 0.15) is 23.2 Å². The fourth-order valence-corrected chi connectivity index (χ4v) is 9.21. The maximum atomic E-state index is 2.35. The van der Waals surface area contributed by atoms with Crippen molar-refractivity contribution >= 4 is 23.2 Å². The minimum absolute atomic E-state index is 1.02. The molecule has 1 heteroatoms. The van der Waals surface area contributed by atoms with E-state index in [1.165, 1.54) is 32.6 Å². The van der Waals surface area contributed by atoms with Crippen LogP contribution in [0.3, 0.4) is 0 Å². The fraction of sp³-hybridized carbons (Fsp3) is 0.0909. The summed E-state index contributed by atoms with van der Waals surface area (Å²) in [6.07, 6.45) is 3.14. The smallest absolute Gasteiger partial charge is 0.0622 e. The molecule has 0 unspecified atom stereocenters. The van der Waals surface area contributed by atoms with E-state index in [-0.39, 0.29) is 0 Å². The molecule has 0 saturated carbocycles. The molecule has 0 fully saturated rings. The molecular formula is C33H30P+. The van der Waals surface area contributed by atoms with Crippen LogP contribution >= 0.6 is 7.26 Å². The number of hydrogen-bond acceptors (Lipinski definition) is 0. The first kappa shape index (κ1) is 22.3. The second kappa shape index (κ2) is 10.6. The zero-order valence-electron chi connectivity index (χ0n) is 19.4. The average Bonchev–Trinajstić information content (AvgIpc) is 2.93. The normalized spacial score (nSPS) is 11.3. The highest BCUT2D eigenvalue weighted by atomic mass is 31.2. The Morgan fingerprint density at radius 3 is 1.21 bits per heavy atom. The van der Waals surface area contributed by atoms with E-state index in [1.807, 2.05) is 0 Å². The first-order valence-electron chi connectivity index (χ1n) is 12.0. The minimum Gasteiger partial charge on any atom is -0.0622 e. The highest BCUT2D eigenvalue weighted by Gasteiger charge is 2.45. The summed E-state index contributed by atoms with van der Waals surface area (Å²) in [6.45, 7) is 0. The SMILES string of the molecule is c1ccc(CCc2ccccc2C[P+](c2ccccc2)(c2ccccc2)c2ccccc2)cc1. The van der Waals surface area contributed by atoms with Gasteiger partial charge in [-0.1, -0.05) is 109 Å². The molecule has 0 aliphatic carbocycles. The highest BCUT2D eigenvalue weighted by molar-refractivity contribution is 7.95. The highest BCUT2D eigenvalue weighted by Crippen LogP contribution is 2.58. The lowest BCUT2D eigenvalue weighted by atomic mass is 10.0. The quantitative estimate of drug-likeness (QED) is 0.221. The molecule has 0 amide bonds. The topological polar surface area (TPSA) is 0 Å². The lowest BCUT2D eigenvalue weighted by Crippen LogP contribution is -2.32. The van der Waals surface area contributed by atoms with Gasteiger partial charge in [0, 0.05) is 0 Å². The van der Waals surface area contributed by atoms with E-state index in [0.29, 0.717) is 0 Å². The van der Waals surface area contributed by atoms with Crippen LogP contribution in [0.1, 0.15) is 16.7 Å². The third-order valence-electron chi connectivity index (χ3n) is 6.64. The molecule has 166 valence electrons. The van der Waals surface area contributed by atoms with Crippen molar-refractivity contribution in [3.8, 4) is 0 Å². The van der Waals surface area contributed by atoms with Gasteiger partial charge in [0.2, 0.25) is 0 Å². The van der Waals surface area contributed by atoms with E-state index in [0.717, 1.165) is 19.0 Å². The maximum Gasteiger partial charge on any atom is 0.116 e. The number of aryl methyl sites for hydroxylation is 2. The average molecular weight is 458 g/mol. The van der Waals surface area contributed by atoms with Crippen LogP contribution in [0.25, 0.3) is 0 Å². The predicted octanol–water partition coefficient (Wildman–Crippen LogP) is 6.97. The van der Waals surface area contributed by atoms with E-state index < -0.39 is 7.26 Å². The van der Waals surface area contributed by atoms with Crippen LogP contribution in [0.15, 0.2) is 146 Å². The fourth-order valence-electron chi connectivity index (χ4n) is 4.90. The Bertz CT molecular complexity index is 1200. The van der Waals surface area contributed by atoms with Gasteiger partial charge in [-0.2, -0.15) is 0 Å². The summed E-state index contributed by atoms with van der Waals surface area (Å²) in [5.41, 5.74) is 4.31. The lowest BCUT2D eigenvalue weighted by molar-refractivity contribution is 0.946. The molecule has 0 aliphatic heterocycles. The maximum absolute atomic E-state index is 2.35. The molecule has 0 heterocycles. The van der Waals surface area contributed by atoms with Gasteiger partial charge in [0.25, 0.3) is 0 Å². The summed E-state index contributed by atoms with van der Waals surface area (Å²) in [6, 6.07) is 53.4. The third kappa shape index (κ3) is 4.74. The molecule has 0 saturated heterocycles. The number of rotatable bonds is 8. The van der Waals surface area contributed by atoms with Crippen LogP contribution in [0, 0.1) is 0 Å². The van der Waals surface area contributed by atoms with Gasteiger partial charge in [-0.3, -0.25) is 0 Å². The molecule has 5 rings (SSSR count). The zero-order valence-corrected chi connectivity index (χ0v) is 20.3. The van der Waals surface area contributed by atoms with E-state index in [2.05, 4.69) is 146 Å². The monoisotopic (exact) mass is 457 g/mol. The Balaban J connectivity index is 1.63. The van der Waals surface area contributed by atoms with Crippen molar-refractivity contribution in [2.24, 2.45) is 0 Å². The van der Waals surface area contributed by atoms with Gasteiger partial charge < -0.3 is 0 Å². The van der Waals surface area contributed by atoms with Crippen LogP contribution in [-0.4, -0.2) is 0 Å². The van der Waals surface area contributed by atoms with Gasteiger partial charge in [-0.15, -0.1) is 0 Å². The molecule has 0 radical (unpaired) electrons. The molecule has 5 aromatic rings. The molecule has 0 aliphatic rings. The van der Waals surface area contributed by atoms with Crippen molar-refractivity contribution in [3.05, 3.63) is 162 Å². The van der Waals surface area contributed by atoms with Crippen LogP contribution < -0.4 is 15.9 Å². The first-order valence-corrected chi connectivity index (χ1v) is 14.0. The van der Waals surface area contributed by atoms with Gasteiger partial charge in [-0.05, 0) is 65.9 Å². The molecule has 34 heavy (non-hydrogen) atoms. The van der Waals surface area contributed by atoms with Gasteiger partial charge in [0.15, 0.2) is 0 Å². The minimum atomic E-state index is -1.90.